The summed E-state index contributed by atoms with van der Waals surface area (Å²) in [5.41, 5.74) is 0. The fraction of sp³-hybridized carbons (Fsp3) is 0.924. The largest absolute Gasteiger partial charge is 0.394 e. The first-order valence-corrected chi connectivity index (χ1v) is 33.6. The van der Waals surface area contributed by atoms with Crippen LogP contribution in [0.4, 0.5) is 0 Å². The van der Waals surface area contributed by atoms with Crippen molar-refractivity contribution in [3.8, 4) is 0 Å². The first-order valence-electron chi connectivity index (χ1n) is 33.6. The minimum Gasteiger partial charge on any atom is -0.394 e. The fourth-order valence-corrected chi connectivity index (χ4v) is 11.3. The molecule has 0 aromatic rings. The number of hydrogen-bond acceptors (Lipinski definition) is 13. The highest BCUT2D eigenvalue weighted by Gasteiger charge is 2.51. The van der Waals surface area contributed by atoms with Crippen LogP contribution in [-0.4, -0.2) is 140 Å². The lowest BCUT2D eigenvalue weighted by Gasteiger charge is -2.46. The minimum atomic E-state index is -1.79. The molecule has 14 nitrogen and oxygen atoms in total. The molecule has 2 aliphatic heterocycles. The molecular formula is C66H125NO13. The molecule has 0 bridgehead atoms. The van der Waals surface area contributed by atoms with E-state index in [2.05, 4.69) is 31.3 Å². The van der Waals surface area contributed by atoms with E-state index >= 15 is 0 Å². The molecule has 2 aliphatic rings. The van der Waals surface area contributed by atoms with Crippen LogP contribution in [0.5, 0.6) is 0 Å². The van der Waals surface area contributed by atoms with E-state index in [1.165, 1.54) is 231 Å². The summed E-state index contributed by atoms with van der Waals surface area (Å²) in [6.07, 6.45) is 46.6. The van der Waals surface area contributed by atoms with E-state index in [-0.39, 0.29) is 18.9 Å². The molecule has 0 aromatic heterocycles. The standard InChI is InChI=1S/C66H125NO13/c1-3-5-7-9-11-13-15-17-19-21-23-25-27-28-30-32-34-36-38-40-42-44-46-48-50-58(71)67-54(53-77-65-63(76)61(74)64(57(52-69)79-65)80-66-62(75)60(73)59(72)56(51-68)78-66)55(70)49-47-45-43-41-39-37-35-33-31-29-26-24-22-20-18-16-14-12-10-8-6-4-2/h39,41,47,49,54-57,59-66,68-70,72-76H,3-38,40,42-46,48,50-53H2,1-2H3,(H,67,71)/b41-39+,49-47+. The summed E-state index contributed by atoms with van der Waals surface area (Å²) >= 11 is 0. The lowest BCUT2D eigenvalue weighted by molar-refractivity contribution is -0.359. The van der Waals surface area contributed by atoms with Gasteiger partial charge in [0.15, 0.2) is 12.6 Å². The molecule has 14 heteroatoms. The highest BCUT2D eigenvalue weighted by atomic mass is 16.7. The van der Waals surface area contributed by atoms with E-state index in [1.54, 1.807) is 6.08 Å². The van der Waals surface area contributed by atoms with E-state index in [0.717, 1.165) is 32.1 Å². The third kappa shape index (κ3) is 36.3. The molecule has 80 heavy (non-hydrogen) atoms. The van der Waals surface area contributed by atoms with E-state index < -0.39 is 86.8 Å². The number of carbonyl (C=O) groups excluding carboxylic acids is 1. The number of hydrogen-bond donors (Lipinski definition) is 9. The first-order chi connectivity index (χ1) is 39.1. The van der Waals surface area contributed by atoms with Gasteiger partial charge in [-0.2, -0.15) is 0 Å². The summed E-state index contributed by atoms with van der Waals surface area (Å²) in [5.74, 6) is -0.242. The molecule has 0 spiro atoms. The highest BCUT2D eigenvalue weighted by Crippen LogP contribution is 2.30. The van der Waals surface area contributed by atoms with Crippen molar-refractivity contribution in [2.75, 3.05) is 19.8 Å². The molecule has 9 N–H and O–H groups in total. The average molecular weight is 1140 g/mol. The van der Waals surface area contributed by atoms with Gasteiger partial charge in [0.25, 0.3) is 0 Å². The molecule has 2 saturated heterocycles. The van der Waals surface area contributed by atoms with Crippen molar-refractivity contribution >= 4 is 5.91 Å². The van der Waals surface area contributed by atoms with Gasteiger partial charge >= 0.3 is 0 Å². The Morgan fingerprint density at radius 3 is 1.23 bits per heavy atom. The Hall–Kier alpha value is -1.53. The number of unbranched alkanes of at least 4 members (excludes halogenated alkanes) is 40. The third-order valence-electron chi connectivity index (χ3n) is 16.6. The molecule has 0 radical (unpaired) electrons. The molecular weight excluding hydrogens is 1010 g/mol. The maximum Gasteiger partial charge on any atom is 0.220 e. The Morgan fingerprint density at radius 1 is 0.438 bits per heavy atom. The molecule has 2 fully saturated rings. The van der Waals surface area contributed by atoms with Gasteiger partial charge in [-0.3, -0.25) is 4.79 Å². The summed E-state index contributed by atoms with van der Waals surface area (Å²) in [6.45, 7) is 2.83. The SMILES string of the molecule is CCCCCCCCCCCCCCCCCC/C=C/CC/C=C/C(O)C(COC1OC(CO)C(OC2OC(CO)C(O)C(O)C2O)C(O)C1O)NC(=O)CCCCCCCCCCCCCCCCCCCCCCCCCC. The van der Waals surface area contributed by atoms with Crippen LogP contribution in [0.2, 0.25) is 0 Å². The van der Waals surface area contributed by atoms with Gasteiger partial charge in [-0.15, -0.1) is 0 Å². The van der Waals surface area contributed by atoms with Crippen LogP contribution in [0.15, 0.2) is 24.3 Å². The van der Waals surface area contributed by atoms with Crippen molar-refractivity contribution in [3.05, 3.63) is 24.3 Å². The average Bonchev–Trinajstić information content (AvgIpc) is 3.46. The van der Waals surface area contributed by atoms with Gasteiger partial charge < -0.3 is 65.1 Å². The second-order valence-electron chi connectivity index (χ2n) is 24.0. The topological polar surface area (TPSA) is 228 Å². The lowest BCUT2D eigenvalue weighted by Crippen LogP contribution is -2.65. The normalized spacial score (nSPS) is 24.3. The Kier molecular flexibility index (Phi) is 48.3. The number of rotatable bonds is 55. The molecule has 2 heterocycles. The third-order valence-corrected chi connectivity index (χ3v) is 16.6. The van der Waals surface area contributed by atoms with E-state index in [4.69, 9.17) is 18.9 Å². The molecule has 12 unspecified atom stereocenters. The van der Waals surface area contributed by atoms with Crippen molar-refractivity contribution < 1.29 is 64.6 Å². The number of aliphatic hydroxyl groups excluding tert-OH is 8. The van der Waals surface area contributed by atoms with E-state index in [1.807, 2.05) is 6.08 Å². The molecule has 472 valence electrons. The number of allylic oxidation sites excluding steroid dienone is 3. The zero-order valence-electron chi connectivity index (χ0n) is 51.1. The van der Waals surface area contributed by atoms with Gasteiger partial charge in [0, 0.05) is 6.42 Å². The summed E-state index contributed by atoms with van der Waals surface area (Å²) in [6, 6.07) is -0.929. The number of carbonyl (C=O) groups is 1. The van der Waals surface area contributed by atoms with Crippen LogP contribution in [0.1, 0.15) is 296 Å². The monoisotopic (exact) mass is 1140 g/mol. The lowest BCUT2D eigenvalue weighted by atomic mass is 9.97. The Bertz CT molecular complexity index is 1440. The van der Waals surface area contributed by atoms with Crippen LogP contribution in [0, 0.1) is 0 Å². The summed E-state index contributed by atoms with van der Waals surface area (Å²) in [4.78, 5) is 13.3. The molecule has 0 aromatic carbocycles. The van der Waals surface area contributed by atoms with Crippen molar-refractivity contribution in [2.45, 2.75) is 370 Å². The van der Waals surface area contributed by atoms with Crippen molar-refractivity contribution in [1.82, 2.24) is 5.32 Å². The molecule has 2 rings (SSSR count). The van der Waals surface area contributed by atoms with Crippen LogP contribution in [0.3, 0.4) is 0 Å². The smallest absolute Gasteiger partial charge is 0.220 e. The quantitative estimate of drug-likeness (QED) is 0.0204. The van der Waals surface area contributed by atoms with Gasteiger partial charge in [-0.1, -0.05) is 282 Å². The van der Waals surface area contributed by atoms with Gasteiger partial charge in [0.05, 0.1) is 32.0 Å². The highest BCUT2D eigenvalue weighted by molar-refractivity contribution is 5.76. The van der Waals surface area contributed by atoms with Gasteiger partial charge in [0.1, 0.15) is 48.8 Å². The second-order valence-corrected chi connectivity index (χ2v) is 24.0. The second kappa shape index (κ2) is 51.9. The predicted octanol–water partition coefficient (Wildman–Crippen LogP) is 12.8. The number of aliphatic hydroxyl groups is 8. The Morgan fingerprint density at radius 2 is 0.800 bits per heavy atom. The van der Waals surface area contributed by atoms with Gasteiger partial charge in [-0.25, -0.2) is 0 Å². The van der Waals surface area contributed by atoms with Gasteiger partial charge in [0.2, 0.25) is 5.91 Å². The fourth-order valence-electron chi connectivity index (χ4n) is 11.3. The summed E-state index contributed by atoms with van der Waals surface area (Å²) in [5, 5.41) is 87.3. The molecule has 1 amide bonds. The summed E-state index contributed by atoms with van der Waals surface area (Å²) in [7, 11) is 0. The number of amides is 1. The maximum atomic E-state index is 13.3. The van der Waals surface area contributed by atoms with Crippen LogP contribution in [-0.2, 0) is 23.7 Å². The van der Waals surface area contributed by atoms with Crippen LogP contribution < -0.4 is 5.32 Å². The Labute approximate surface area is 488 Å². The molecule has 0 saturated carbocycles. The number of nitrogens with one attached hydrogen (secondary N) is 1. The summed E-state index contributed by atoms with van der Waals surface area (Å²) < 4.78 is 22.8. The van der Waals surface area contributed by atoms with Crippen LogP contribution >= 0.6 is 0 Å². The Balaban J connectivity index is 1.72. The number of ether oxygens (including phenoxy) is 4. The van der Waals surface area contributed by atoms with Gasteiger partial charge in [-0.05, 0) is 32.1 Å². The van der Waals surface area contributed by atoms with Crippen molar-refractivity contribution in [2.24, 2.45) is 0 Å². The van der Waals surface area contributed by atoms with Crippen molar-refractivity contribution in [1.29, 1.82) is 0 Å². The zero-order valence-corrected chi connectivity index (χ0v) is 51.1. The maximum absolute atomic E-state index is 13.3. The van der Waals surface area contributed by atoms with E-state index in [9.17, 15) is 45.6 Å². The zero-order chi connectivity index (χ0) is 58.1. The predicted molar refractivity (Wildman–Crippen MR) is 323 cm³/mol. The minimum absolute atomic E-state index is 0.242. The van der Waals surface area contributed by atoms with E-state index in [0.29, 0.717) is 12.8 Å². The molecule has 0 aliphatic carbocycles. The first kappa shape index (κ1) is 74.6. The molecule has 12 atom stereocenters. The van der Waals surface area contributed by atoms with Crippen LogP contribution in [0.25, 0.3) is 0 Å². The van der Waals surface area contributed by atoms with Crippen molar-refractivity contribution in [3.63, 3.8) is 0 Å².